The van der Waals surface area contributed by atoms with Crippen LogP contribution in [0.4, 0.5) is 4.79 Å². The van der Waals surface area contributed by atoms with E-state index in [-0.39, 0.29) is 24.7 Å². The van der Waals surface area contributed by atoms with E-state index in [9.17, 15) is 14.4 Å². The monoisotopic (exact) mass is 525 g/mol. The number of ether oxygens (including phenoxy) is 2. The van der Waals surface area contributed by atoms with Crippen LogP contribution in [0.2, 0.25) is 0 Å². The van der Waals surface area contributed by atoms with Gasteiger partial charge in [0.2, 0.25) is 0 Å². The fourth-order valence-electron chi connectivity index (χ4n) is 5.10. The molecule has 1 N–H and O–H groups in total. The van der Waals surface area contributed by atoms with Crippen LogP contribution < -0.4 is 5.32 Å². The third-order valence-corrected chi connectivity index (χ3v) is 7.09. The molecule has 1 amide bonds. The van der Waals surface area contributed by atoms with Crippen molar-refractivity contribution in [2.75, 3.05) is 13.7 Å². The van der Waals surface area contributed by atoms with Gasteiger partial charge in [0.25, 0.3) is 0 Å². The van der Waals surface area contributed by atoms with Gasteiger partial charge in [-0.1, -0.05) is 90.5 Å². The van der Waals surface area contributed by atoms with Gasteiger partial charge in [-0.05, 0) is 54.5 Å². The quantitative estimate of drug-likeness (QED) is 0.237. The third-order valence-electron chi connectivity index (χ3n) is 7.09. The van der Waals surface area contributed by atoms with Crippen LogP contribution in [0.1, 0.15) is 49.3 Å². The second kappa shape index (κ2) is 13.1. The predicted molar refractivity (Wildman–Crippen MR) is 151 cm³/mol. The summed E-state index contributed by atoms with van der Waals surface area (Å²) in [6.45, 7) is 4.02. The smallest absolute Gasteiger partial charge is 0.407 e. The van der Waals surface area contributed by atoms with Gasteiger partial charge in [-0.3, -0.25) is 9.59 Å². The number of benzene rings is 3. The summed E-state index contributed by atoms with van der Waals surface area (Å²) < 4.78 is 10.7. The summed E-state index contributed by atoms with van der Waals surface area (Å²) in [4.78, 5) is 38.9. The maximum atomic E-state index is 13.4. The molecular weight excluding hydrogens is 490 g/mol. The highest BCUT2D eigenvalue weighted by Gasteiger charge is 2.31. The van der Waals surface area contributed by atoms with Gasteiger partial charge in [-0.25, -0.2) is 4.79 Å². The number of carbonyl (C=O) groups is 3. The highest BCUT2D eigenvalue weighted by atomic mass is 16.5. The minimum Gasteiger partial charge on any atom is -0.469 e. The number of esters is 1. The Morgan fingerprint density at radius 1 is 0.872 bits per heavy atom. The van der Waals surface area contributed by atoms with Crippen molar-refractivity contribution < 1.29 is 23.9 Å². The lowest BCUT2D eigenvalue weighted by molar-refractivity contribution is -0.147. The molecule has 0 heterocycles. The first-order valence-corrected chi connectivity index (χ1v) is 13.3. The normalized spacial score (nSPS) is 13.4. The fourth-order valence-corrected chi connectivity index (χ4v) is 5.10. The summed E-state index contributed by atoms with van der Waals surface area (Å²) in [5, 5.41) is 2.76. The Morgan fingerprint density at radius 3 is 2.05 bits per heavy atom. The van der Waals surface area contributed by atoms with E-state index >= 15 is 0 Å². The van der Waals surface area contributed by atoms with Gasteiger partial charge in [-0.15, -0.1) is 0 Å². The SMILES string of the molecule is COC(=O)[C@@H](CC(=O)[C@H](CC=C(C)C)NC(=O)OCC1c2ccccc2-c2ccccc21)Cc1ccccc1. The van der Waals surface area contributed by atoms with Crippen LogP contribution in [0.5, 0.6) is 0 Å². The number of ketones is 1. The molecule has 4 rings (SSSR count). The zero-order valence-electron chi connectivity index (χ0n) is 22.7. The number of allylic oxidation sites excluding steroid dienone is 1. The van der Waals surface area contributed by atoms with Crippen LogP contribution in [-0.2, 0) is 25.5 Å². The molecule has 6 heteroatoms. The number of methoxy groups -OCH3 is 1. The summed E-state index contributed by atoms with van der Waals surface area (Å²) in [5.74, 6) is -1.42. The first-order chi connectivity index (χ1) is 18.9. The number of hydrogen-bond acceptors (Lipinski definition) is 5. The zero-order valence-corrected chi connectivity index (χ0v) is 22.7. The number of Topliss-reactive ketones (excluding diaryl/α,β-unsaturated/α-hetero) is 1. The summed E-state index contributed by atoms with van der Waals surface area (Å²) in [6.07, 6.45) is 1.88. The lowest BCUT2D eigenvalue weighted by Gasteiger charge is -2.21. The number of hydrogen-bond donors (Lipinski definition) is 1. The van der Waals surface area contributed by atoms with E-state index in [2.05, 4.69) is 29.6 Å². The largest absolute Gasteiger partial charge is 0.469 e. The van der Waals surface area contributed by atoms with Crippen molar-refractivity contribution in [3.8, 4) is 11.1 Å². The molecule has 0 saturated carbocycles. The molecule has 0 unspecified atom stereocenters. The summed E-state index contributed by atoms with van der Waals surface area (Å²) in [6, 6.07) is 24.9. The number of fused-ring (bicyclic) bond motifs is 3. The van der Waals surface area contributed by atoms with Gasteiger partial charge in [0, 0.05) is 12.3 Å². The van der Waals surface area contributed by atoms with Crippen LogP contribution in [0.25, 0.3) is 11.1 Å². The second-order valence-corrected chi connectivity index (χ2v) is 10.1. The standard InChI is InChI=1S/C33H35NO5/c1-22(2)17-18-30(31(35)20-24(32(36)38-3)19-23-11-5-4-6-12-23)34-33(37)39-21-29-27-15-9-7-13-25(27)26-14-8-10-16-28(26)29/h4-17,24,29-30H,18-21H2,1-3H3,(H,34,37)/t24-,30+/m1/s1. The van der Waals surface area contributed by atoms with Gasteiger partial charge in [-0.2, -0.15) is 0 Å². The topological polar surface area (TPSA) is 81.7 Å². The van der Waals surface area contributed by atoms with Gasteiger partial charge in [0.1, 0.15) is 6.61 Å². The van der Waals surface area contributed by atoms with Crippen LogP contribution in [-0.4, -0.2) is 37.6 Å². The molecule has 0 bridgehead atoms. The Labute approximate surface area is 230 Å². The Morgan fingerprint density at radius 2 is 1.46 bits per heavy atom. The molecule has 6 nitrogen and oxygen atoms in total. The maximum Gasteiger partial charge on any atom is 0.407 e. The molecule has 1 aliphatic rings. The van der Waals surface area contributed by atoms with Gasteiger partial charge in [0.15, 0.2) is 5.78 Å². The molecule has 3 aromatic carbocycles. The Kier molecular flexibility index (Phi) is 9.31. The lowest BCUT2D eigenvalue weighted by Crippen LogP contribution is -2.42. The van der Waals surface area contributed by atoms with Crippen molar-refractivity contribution in [1.82, 2.24) is 5.32 Å². The van der Waals surface area contributed by atoms with Crippen LogP contribution in [0.3, 0.4) is 0 Å². The number of amides is 1. The predicted octanol–water partition coefficient (Wildman–Crippen LogP) is 6.24. The molecule has 3 aromatic rings. The molecule has 202 valence electrons. The molecule has 0 saturated heterocycles. The molecular formula is C33H35NO5. The van der Waals surface area contributed by atoms with Crippen LogP contribution in [0, 0.1) is 5.92 Å². The number of nitrogens with one attached hydrogen (secondary N) is 1. The molecule has 39 heavy (non-hydrogen) atoms. The molecule has 0 aromatic heterocycles. The molecule has 0 fully saturated rings. The van der Waals surface area contributed by atoms with E-state index in [1.165, 1.54) is 7.11 Å². The van der Waals surface area contributed by atoms with Crippen molar-refractivity contribution in [3.05, 3.63) is 107 Å². The summed E-state index contributed by atoms with van der Waals surface area (Å²) in [5.41, 5.74) is 6.48. The molecule has 1 aliphatic carbocycles. The van der Waals surface area contributed by atoms with E-state index < -0.39 is 24.0 Å². The zero-order chi connectivity index (χ0) is 27.8. The number of alkyl carbamates (subject to hydrolysis) is 1. The van der Waals surface area contributed by atoms with Crippen LogP contribution in [0.15, 0.2) is 90.5 Å². The summed E-state index contributed by atoms with van der Waals surface area (Å²) >= 11 is 0. The number of rotatable bonds is 11. The number of carbonyl (C=O) groups excluding carboxylic acids is 3. The highest BCUT2D eigenvalue weighted by molar-refractivity contribution is 5.90. The summed E-state index contributed by atoms with van der Waals surface area (Å²) in [7, 11) is 1.32. The van der Waals surface area contributed by atoms with Crippen molar-refractivity contribution in [2.45, 2.75) is 45.1 Å². The minimum absolute atomic E-state index is 0.0491. The van der Waals surface area contributed by atoms with Crippen molar-refractivity contribution >= 4 is 17.8 Å². The van der Waals surface area contributed by atoms with Crippen molar-refractivity contribution in [3.63, 3.8) is 0 Å². The molecule has 0 spiro atoms. The molecule has 0 radical (unpaired) electrons. The van der Waals surface area contributed by atoms with E-state index in [0.717, 1.165) is 33.4 Å². The van der Waals surface area contributed by atoms with E-state index in [0.29, 0.717) is 12.8 Å². The maximum absolute atomic E-state index is 13.4. The van der Waals surface area contributed by atoms with E-state index in [1.54, 1.807) is 0 Å². The minimum atomic E-state index is -0.821. The average molecular weight is 526 g/mol. The van der Waals surface area contributed by atoms with Gasteiger partial charge in [0.05, 0.1) is 19.1 Å². The van der Waals surface area contributed by atoms with E-state index in [1.807, 2.05) is 74.5 Å². The Balaban J connectivity index is 1.44. The Bertz CT molecular complexity index is 1300. The van der Waals surface area contributed by atoms with Crippen molar-refractivity contribution in [1.29, 1.82) is 0 Å². The molecule has 0 aliphatic heterocycles. The van der Waals surface area contributed by atoms with Crippen molar-refractivity contribution in [2.24, 2.45) is 5.92 Å². The highest BCUT2D eigenvalue weighted by Crippen LogP contribution is 2.44. The first kappa shape index (κ1) is 27.8. The third kappa shape index (κ3) is 7.02. The van der Waals surface area contributed by atoms with Crippen LogP contribution >= 0.6 is 0 Å². The van der Waals surface area contributed by atoms with E-state index in [4.69, 9.17) is 9.47 Å². The van der Waals surface area contributed by atoms with Gasteiger partial charge >= 0.3 is 12.1 Å². The average Bonchev–Trinajstić information content (AvgIpc) is 3.27. The molecule has 2 atom stereocenters. The van der Waals surface area contributed by atoms with Gasteiger partial charge < -0.3 is 14.8 Å². The second-order valence-electron chi connectivity index (χ2n) is 10.1. The fraction of sp³-hybridized carbons (Fsp3) is 0.303. The Hall–Kier alpha value is -4.19. The lowest BCUT2D eigenvalue weighted by atomic mass is 9.91. The first-order valence-electron chi connectivity index (χ1n) is 13.3.